The van der Waals surface area contributed by atoms with Crippen molar-refractivity contribution in [2.24, 2.45) is 0 Å². The van der Waals surface area contributed by atoms with Gasteiger partial charge in [0.2, 0.25) is 5.91 Å². The largest absolute Gasteiger partial charge is 0.487 e. The van der Waals surface area contributed by atoms with E-state index in [0.29, 0.717) is 19.6 Å². The first-order valence-electron chi connectivity index (χ1n) is 14.6. The van der Waals surface area contributed by atoms with Crippen LogP contribution < -0.4 is 10.1 Å². The van der Waals surface area contributed by atoms with Gasteiger partial charge < -0.3 is 25.0 Å². The van der Waals surface area contributed by atoms with E-state index in [0.717, 1.165) is 79.2 Å². The number of amides is 1. The van der Waals surface area contributed by atoms with Crippen molar-refractivity contribution in [1.29, 1.82) is 0 Å². The van der Waals surface area contributed by atoms with Gasteiger partial charge in [0.25, 0.3) is 0 Å². The van der Waals surface area contributed by atoms with Gasteiger partial charge in [-0.3, -0.25) is 4.79 Å². The van der Waals surface area contributed by atoms with Gasteiger partial charge in [0.1, 0.15) is 12.4 Å². The molecule has 2 atom stereocenters. The zero-order valence-corrected chi connectivity index (χ0v) is 24.7. The summed E-state index contributed by atoms with van der Waals surface area (Å²) in [7, 11) is 0. The highest BCUT2D eigenvalue weighted by Crippen LogP contribution is 2.39. The minimum Gasteiger partial charge on any atom is -0.487 e. The van der Waals surface area contributed by atoms with Gasteiger partial charge in [-0.05, 0) is 62.0 Å². The minimum absolute atomic E-state index is 0.0515. The predicted molar refractivity (Wildman–Crippen MR) is 162 cm³/mol. The lowest BCUT2D eigenvalue weighted by atomic mass is 9.89. The van der Waals surface area contributed by atoms with E-state index in [-0.39, 0.29) is 17.3 Å². The Labute approximate surface area is 243 Å². The summed E-state index contributed by atoms with van der Waals surface area (Å²) in [6.07, 6.45) is 16.1. The van der Waals surface area contributed by atoms with Crippen LogP contribution in [0.3, 0.4) is 0 Å². The van der Waals surface area contributed by atoms with Crippen LogP contribution >= 0.6 is 11.6 Å². The first-order chi connectivity index (χ1) is 19.2. The molecule has 7 heteroatoms. The van der Waals surface area contributed by atoms with Gasteiger partial charge >= 0.3 is 0 Å². The fraction of sp³-hybridized carbons (Fsp3) is 0.485. The second-order valence-corrected chi connectivity index (χ2v) is 12.2. The van der Waals surface area contributed by atoms with Crippen LogP contribution in [0.15, 0.2) is 71.5 Å². The average molecular weight is 564 g/mol. The zero-order chi connectivity index (χ0) is 28.3. The molecule has 6 nitrogen and oxygen atoms in total. The number of likely N-dealkylation sites (tertiary alicyclic amines) is 1. The van der Waals surface area contributed by atoms with Crippen molar-refractivity contribution in [3.8, 4) is 5.75 Å². The number of hydrogen-bond acceptors (Lipinski definition) is 5. The molecule has 0 saturated carbocycles. The van der Waals surface area contributed by atoms with Gasteiger partial charge in [-0.25, -0.2) is 0 Å². The summed E-state index contributed by atoms with van der Waals surface area (Å²) in [5.41, 5.74) is 5.52. The van der Waals surface area contributed by atoms with Crippen LogP contribution in [0.4, 0.5) is 0 Å². The second kappa shape index (κ2) is 12.4. The third-order valence-corrected chi connectivity index (χ3v) is 8.59. The summed E-state index contributed by atoms with van der Waals surface area (Å²) >= 11 is 6.21. The smallest absolute Gasteiger partial charge is 0.222 e. The Balaban J connectivity index is 1.31. The Bertz CT molecular complexity index is 1270. The molecule has 0 radical (unpaired) electrons. The van der Waals surface area contributed by atoms with E-state index in [1.807, 2.05) is 39.0 Å². The van der Waals surface area contributed by atoms with Crippen LogP contribution in [0.1, 0.15) is 57.6 Å². The van der Waals surface area contributed by atoms with E-state index in [9.17, 15) is 9.90 Å². The summed E-state index contributed by atoms with van der Waals surface area (Å²) in [5.74, 6) is 1.05. The van der Waals surface area contributed by atoms with E-state index in [1.54, 1.807) is 0 Å². The quantitative estimate of drug-likeness (QED) is 0.420. The van der Waals surface area contributed by atoms with E-state index in [2.05, 4.69) is 51.6 Å². The fourth-order valence-corrected chi connectivity index (χ4v) is 6.10. The number of benzene rings is 1. The maximum Gasteiger partial charge on any atom is 0.222 e. The number of hydrogen-bond donors (Lipinski definition) is 2. The lowest BCUT2D eigenvalue weighted by Crippen LogP contribution is -2.43. The third-order valence-electron chi connectivity index (χ3n) is 8.26. The number of rotatable bonds is 8. The molecule has 0 bridgehead atoms. The highest BCUT2D eigenvalue weighted by Gasteiger charge is 2.31. The Morgan fingerprint density at radius 3 is 2.92 bits per heavy atom. The van der Waals surface area contributed by atoms with Gasteiger partial charge in [-0.2, -0.15) is 0 Å². The van der Waals surface area contributed by atoms with Crippen LogP contribution in [-0.4, -0.2) is 71.6 Å². The number of aliphatic hydroxyl groups is 1. The van der Waals surface area contributed by atoms with Gasteiger partial charge in [-0.1, -0.05) is 49.4 Å². The molecule has 214 valence electrons. The molecular formula is C33H42ClN3O3. The fourth-order valence-electron chi connectivity index (χ4n) is 5.94. The lowest BCUT2D eigenvalue weighted by Gasteiger charge is -2.30. The number of dihydropyridines is 1. The van der Waals surface area contributed by atoms with Crippen LogP contribution in [0.25, 0.3) is 5.57 Å². The van der Waals surface area contributed by atoms with Crippen LogP contribution in [0.5, 0.6) is 5.75 Å². The molecule has 1 aromatic carbocycles. The average Bonchev–Trinajstić information content (AvgIpc) is 3.35. The lowest BCUT2D eigenvalue weighted by molar-refractivity contribution is -0.132. The number of nitrogens with one attached hydrogen (secondary N) is 1. The molecule has 1 fully saturated rings. The van der Waals surface area contributed by atoms with Crippen molar-refractivity contribution in [1.82, 2.24) is 15.1 Å². The molecule has 3 heterocycles. The van der Waals surface area contributed by atoms with E-state index < -0.39 is 5.60 Å². The second-order valence-electron chi connectivity index (χ2n) is 11.6. The Kier molecular flexibility index (Phi) is 8.89. The summed E-state index contributed by atoms with van der Waals surface area (Å²) in [4.78, 5) is 17.5. The molecule has 1 aliphatic carbocycles. The van der Waals surface area contributed by atoms with Crippen molar-refractivity contribution in [3.05, 3.63) is 82.6 Å². The summed E-state index contributed by atoms with van der Waals surface area (Å²) in [6.45, 7) is 10.3. The number of carbonyl (C=O) groups is 1. The van der Waals surface area contributed by atoms with E-state index in [4.69, 9.17) is 16.3 Å². The normalized spacial score (nSPS) is 23.7. The maximum absolute atomic E-state index is 12.9. The molecule has 3 aliphatic heterocycles. The van der Waals surface area contributed by atoms with Crippen molar-refractivity contribution >= 4 is 23.1 Å². The third kappa shape index (κ3) is 6.56. The molecular weight excluding hydrogens is 522 g/mol. The molecule has 1 aromatic rings. The van der Waals surface area contributed by atoms with Crippen molar-refractivity contribution in [2.75, 3.05) is 39.3 Å². The maximum atomic E-state index is 12.9. The highest BCUT2D eigenvalue weighted by atomic mass is 35.5. The van der Waals surface area contributed by atoms with Crippen LogP contribution in [0, 0.1) is 0 Å². The summed E-state index contributed by atoms with van der Waals surface area (Å²) in [6, 6.07) is 6.22. The number of nitrogens with zero attached hydrogens (tertiary/aromatic N) is 2. The number of fused-ring (bicyclic) bond motifs is 1. The Morgan fingerprint density at radius 1 is 1.32 bits per heavy atom. The van der Waals surface area contributed by atoms with E-state index >= 15 is 0 Å². The SMILES string of the molecule is CCC(=O)N(CC1=CCC(Cl)C=C1)[C@H]1CCN(CC/C=C2\C3=C(COc4ccc(C(C)(C)O)cc42)NCC=C3)C1. The molecule has 2 N–H and O–H groups in total. The molecule has 0 spiro atoms. The zero-order valence-electron chi connectivity index (χ0n) is 24.0. The molecule has 1 unspecified atom stereocenters. The monoisotopic (exact) mass is 563 g/mol. The first-order valence-corrected chi connectivity index (χ1v) is 15.0. The first kappa shape index (κ1) is 28.7. The van der Waals surface area contributed by atoms with E-state index in [1.165, 1.54) is 5.57 Å². The molecule has 40 heavy (non-hydrogen) atoms. The number of halogens is 1. The van der Waals surface area contributed by atoms with Crippen LogP contribution in [0.2, 0.25) is 0 Å². The van der Waals surface area contributed by atoms with Crippen LogP contribution in [-0.2, 0) is 10.4 Å². The molecule has 0 aromatic heterocycles. The summed E-state index contributed by atoms with van der Waals surface area (Å²) < 4.78 is 6.20. The number of ether oxygens (including phenoxy) is 1. The van der Waals surface area contributed by atoms with Gasteiger partial charge in [0, 0.05) is 56.3 Å². The number of allylic oxidation sites excluding steroid dienone is 5. The van der Waals surface area contributed by atoms with Gasteiger partial charge in [-0.15, -0.1) is 11.6 Å². The molecule has 4 aliphatic rings. The van der Waals surface area contributed by atoms with Gasteiger partial charge in [0.15, 0.2) is 0 Å². The van der Waals surface area contributed by atoms with Crippen molar-refractivity contribution < 1.29 is 14.6 Å². The molecule has 5 rings (SSSR count). The predicted octanol–water partition coefficient (Wildman–Crippen LogP) is 5.30. The molecule has 1 amide bonds. The van der Waals surface area contributed by atoms with Crippen molar-refractivity contribution in [3.63, 3.8) is 0 Å². The number of alkyl halides is 1. The minimum atomic E-state index is -0.939. The Morgan fingerprint density at radius 2 is 2.17 bits per heavy atom. The molecule has 1 saturated heterocycles. The van der Waals surface area contributed by atoms with Gasteiger partial charge in [0.05, 0.1) is 16.7 Å². The summed E-state index contributed by atoms with van der Waals surface area (Å²) in [5, 5.41) is 14.2. The number of carbonyl (C=O) groups excluding carboxylic acids is 1. The topological polar surface area (TPSA) is 65.0 Å². The standard InChI is InChI=1S/C33H42ClN3O3/c1-4-32(38)37(20-23-9-12-25(34)13-10-23)26-15-18-36(21-26)17-6-8-27-28-7-5-16-35-30(28)22-40-31-14-11-24(19-29(27)31)33(2,3)39/h5,7-12,14,19,25-26,35,39H,4,6,13,15-18,20-22H2,1-3H3/b27-8+/t25?,26-/m0/s1. The Hall–Kier alpha value is -2.80. The highest BCUT2D eigenvalue weighted by molar-refractivity contribution is 6.22. The van der Waals surface area contributed by atoms with Crippen molar-refractivity contribution in [2.45, 2.75) is 63.5 Å².